The Balaban J connectivity index is 3.77. The highest BCUT2D eigenvalue weighted by Gasteiger charge is 2.17. The normalized spacial score (nSPS) is 13.6. The van der Waals surface area contributed by atoms with Crippen molar-refractivity contribution in [3.63, 3.8) is 0 Å². The van der Waals surface area contributed by atoms with E-state index in [-0.39, 0.29) is 6.10 Å². The summed E-state index contributed by atoms with van der Waals surface area (Å²) in [5, 5.41) is 8.40. The molecule has 0 aliphatic rings. The number of ether oxygens (including phenoxy) is 1. The summed E-state index contributed by atoms with van der Waals surface area (Å²) in [5.74, 6) is -2.15. The third-order valence-corrected chi connectivity index (χ3v) is 2.76. The first-order valence-electron chi connectivity index (χ1n) is 6.40. The minimum absolute atomic E-state index is 0.334. The third kappa shape index (κ3) is 8.79. The number of carboxylic acids is 1. The maximum Gasteiger partial charge on any atom is 0.417 e. The fourth-order valence-corrected chi connectivity index (χ4v) is 1.61. The third-order valence-electron chi connectivity index (χ3n) is 2.76. The van der Waals surface area contributed by atoms with Crippen molar-refractivity contribution in [2.24, 2.45) is 5.92 Å². The lowest BCUT2D eigenvalue weighted by atomic mass is 9.98. The summed E-state index contributed by atoms with van der Waals surface area (Å²) in [7, 11) is 0. The molecule has 0 heterocycles. The lowest BCUT2D eigenvalue weighted by molar-refractivity contribution is -0.167. The van der Waals surface area contributed by atoms with Gasteiger partial charge in [-0.25, -0.2) is 9.59 Å². The lowest BCUT2D eigenvalue weighted by Crippen LogP contribution is -2.22. The van der Waals surface area contributed by atoms with Gasteiger partial charge in [0, 0.05) is 0 Å². The molecule has 0 aliphatic heterocycles. The number of aliphatic carboxylic acids is 1. The van der Waals surface area contributed by atoms with Gasteiger partial charge >= 0.3 is 11.9 Å². The van der Waals surface area contributed by atoms with Crippen molar-refractivity contribution in [2.45, 2.75) is 59.5 Å². The van der Waals surface area contributed by atoms with Crippen LogP contribution in [0.5, 0.6) is 0 Å². The molecule has 4 heteroatoms. The first kappa shape index (κ1) is 16.7. The molecule has 0 saturated carbocycles. The fourth-order valence-electron chi connectivity index (χ4n) is 1.61. The highest BCUT2D eigenvalue weighted by atomic mass is 16.6. The van der Waals surface area contributed by atoms with E-state index < -0.39 is 11.9 Å². The van der Waals surface area contributed by atoms with Crippen LogP contribution < -0.4 is 0 Å². The molecule has 0 rings (SSSR count). The lowest BCUT2D eigenvalue weighted by Gasteiger charge is -2.15. The standard InChI is InChI=1S/C14H24O4/c1-10(2)6-5-7-11(3)8-9-12(4)18-14(17)13(15)16/h6,11-12H,5,7-9H2,1-4H3,(H,15,16). The summed E-state index contributed by atoms with van der Waals surface area (Å²) >= 11 is 0. The van der Waals surface area contributed by atoms with Crippen LogP contribution in [0.1, 0.15) is 53.4 Å². The molecule has 2 unspecified atom stereocenters. The topological polar surface area (TPSA) is 63.6 Å². The summed E-state index contributed by atoms with van der Waals surface area (Å²) in [6.45, 7) is 8.05. The van der Waals surface area contributed by atoms with E-state index in [4.69, 9.17) is 9.84 Å². The summed E-state index contributed by atoms with van der Waals surface area (Å²) < 4.78 is 4.75. The van der Waals surface area contributed by atoms with Crippen LogP contribution in [0.3, 0.4) is 0 Å². The molecule has 0 aromatic heterocycles. The maximum absolute atomic E-state index is 10.8. The minimum Gasteiger partial charge on any atom is -0.473 e. The Labute approximate surface area is 109 Å². The molecular formula is C14H24O4. The highest BCUT2D eigenvalue weighted by molar-refractivity contribution is 6.28. The molecular weight excluding hydrogens is 232 g/mol. The molecule has 0 bridgehead atoms. The Morgan fingerprint density at radius 1 is 1.17 bits per heavy atom. The Morgan fingerprint density at radius 2 is 1.78 bits per heavy atom. The van der Waals surface area contributed by atoms with Gasteiger partial charge in [0.15, 0.2) is 0 Å². The molecule has 18 heavy (non-hydrogen) atoms. The quantitative estimate of drug-likeness (QED) is 0.431. The summed E-state index contributed by atoms with van der Waals surface area (Å²) in [4.78, 5) is 21.1. The Kier molecular flexibility index (Phi) is 8.08. The van der Waals surface area contributed by atoms with Crippen molar-refractivity contribution >= 4 is 11.9 Å². The van der Waals surface area contributed by atoms with E-state index in [1.807, 2.05) is 0 Å². The van der Waals surface area contributed by atoms with Crippen molar-refractivity contribution in [2.75, 3.05) is 0 Å². The van der Waals surface area contributed by atoms with Gasteiger partial charge in [0.1, 0.15) is 0 Å². The van der Waals surface area contributed by atoms with Gasteiger partial charge in [0.2, 0.25) is 0 Å². The first-order valence-corrected chi connectivity index (χ1v) is 6.40. The van der Waals surface area contributed by atoms with Gasteiger partial charge in [-0.2, -0.15) is 0 Å². The van der Waals surface area contributed by atoms with E-state index >= 15 is 0 Å². The second-order valence-electron chi connectivity index (χ2n) is 5.06. The summed E-state index contributed by atoms with van der Waals surface area (Å²) in [6.07, 6.45) is 5.68. The van der Waals surface area contributed by atoms with E-state index in [9.17, 15) is 9.59 Å². The SMILES string of the molecule is CC(C)=CCCC(C)CCC(C)OC(=O)C(=O)O. The highest BCUT2D eigenvalue weighted by Crippen LogP contribution is 2.16. The number of esters is 1. The van der Waals surface area contributed by atoms with Gasteiger partial charge in [0.25, 0.3) is 0 Å². The number of carbonyl (C=O) groups is 2. The van der Waals surface area contributed by atoms with E-state index in [1.165, 1.54) is 5.57 Å². The van der Waals surface area contributed by atoms with Crippen LogP contribution in [0, 0.1) is 5.92 Å². The predicted molar refractivity (Wildman–Crippen MR) is 70.3 cm³/mol. The van der Waals surface area contributed by atoms with E-state index in [2.05, 4.69) is 26.8 Å². The molecule has 0 aliphatic carbocycles. The molecule has 0 radical (unpaired) electrons. The van der Waals surface area contributed by atoms with Gasteiger partial charge in [-0.05, 0) is 52.4 Å². The van der Waals surface area contributed by atoms with Crippen molar-refractivity contribution in [1.29, 1.82) is 0 Å². The average Bonchev–Trinajstić information content (AvgIpc) is 2.25. The Bertz CT molecular complexity index is 303. The number of rotatable bonds is 7. The van der Waals surface area contributed by atoms with E-state index in [0.29, 0.717) is 12.3 Å². The van der Waals surface area contributed by atoms with E-state index in [0.717, 1.165) is 19.3 Å². The van der Waals surface area contributed by atoms with Gasteiger partial charge in [-0.3, -0.25) is 0 Å². The average molecular weight is 256 g/mol. The molecule has 1 N–H and O–H groups in total. The van der Waals surface area contributed by atoms with Crippen LogP contribution in [0.25, 0.3) is 0 Å². The number of hydrogen-bond donors (Lipinski definition) is 1. The zero-order valence-electron chi connectivity index (χ0n) is 11.7. The van der Waals surface area contributed by atoms with E-state index in [1.54, 1.807) is 6.92 Å². The van der Waals surface area contributed by atoms with Crippen LogP contribution in [0.15, 0.2) is 11.6 Å². The second-order valence-corrected chi connectivity index (χ2v) is 5.06. The van der Waals surface area contributed by atoms with Crippen molar-refractivity contribution in [1.82, 2.24) is 0 Å². The molecule has 0 spiro atoms. The van der Waals surface area contributed by atoms with Gasteiger partial charge in [-0.15, -0.1) is 0 Å². The van der Waals surface area contributed by atoms with Gasteiger partial charge in [0.05, 0.1) is 6.10 Å². The smallest absolute Gasteiger partial charge is 0.417 e. The maximum atomic E-state index is 10.8. The molecule has 0 amide bonds. The molecule has 0 fully saturated rings. The zero-order chi connectivity index (χ0) is 14.1. The molecule has 0 aromatic carbocycles. The summed E-state index contributed by atoms with van der Waals surface area (Å²) in [6, 6.07) is 0. The number of carbonyl (C=O) groups excluding carboxylic acids is 1. The van der Waals surface area contributed by atoms with Crippen molar-refractivity contribution < 1.29 is 19.4 Å². The number of hydrogen-bond acceptors (Lipinski definition) is 3. The predicted octanol–water partition coefficient (Wildman–Crippen LogP) is 3.17. The fraction of sp³-hybridized carbons (Fsp3) is 0.714. The summed E-state index contributed by atoms with van der Waals surface area (Å²) in [5.41, 5.74) is 1.32. The van der Waals surface area contributed by atoms with Crippen LogP contribution in [0.4, 0.5) is 0 Å². The first-order chi connectivity index (χ1) is 8.32. The van der Waals surface area contributed by atoms with Gasteiger partial charge in [-0.1, -0.05) is 18.6 Å². The number of allylic oxidation sites excluding steroid dienone is 2. The van der Waals surface area contributed by atoms with Crippen LogP contribution in [0.2, 0.25) is 0 Å². The second kappa shape index (κ2) is 8.72. The van der Waals surface area contributed by atoms with Crippen molar-refractivity contribution in [3.8, 4) is 0 Å². The minimum atomic E-state index is -1.53. The number of carboxylic acid groups (broad SMARTS) is 1. The Hall–Kier alpha value is -1.32. The van der Waals surface area contributed by atoms with Crippen molar-refractivity contribution in [3.05, 3.63) is 11.6 Å². The molecule has 104 valence electrons. The molecule has 4 nitrogen and oxygen atoms in total. The largest absolute Gasteiger partial charge is 0.473 e. The molecule has 0 saturated heterocycles. The van der Waals surface area contributed by atoms with Crippen LogP contribution in [-0.2, 0) is 14.3 Å². The van der Waals surface area contributed by atoms with Gasteiger partial charge < -0.3 is 9.84 Å². The molecule has 0 aromatic rings. The monoisotopic (exact) mass is 256 g/mol. The van der Waals surface area contributed by atoms with Crippen LogP contribution in [-0.4, -0.2) is 23.1 Å². The van der Waals surface area contributed by atoms with Crippen LogP contribution >= 0.6 is 0 Å². The zero-order valence-corrected chi connectivity index (χ0v) is 11.7. The Morgan fingerprint density at radius 3 is 2.28 bits per heavy atom. The molecule has 2 atom stereocenters.